The molecule has 0 saturated carbocycles. The highest BCUT2D eigenvalue weighted by Gasteiger charge is 2.23. The molecular formula is C24H22F2N6O3S. The highest BCUT2D eigenvalue weighted by Crippen LogP contribution is 2.26. The summed E-state index contributed by atoms with van der Waals surface area (Å²) in [7, 11) is 1.60. The van der Waals surface area contributed by atoms with E-state index in [1.165, 1.54) is 26.8 Å². The number of urea groups is 1. The summed E-state index contributed by atoms with van der Waals surface area (Å²) >= 11 is 1.32. The van der Waals surface area contributed by atoms with Crippen LogP contribution in [0.4, 0.5) is 19.3 Å². The molecule has 4 aromatic rings. The van der Waals surface area contributed by atoms with Crippen molar-refractivity contribution in [1.29, 1.82) is 0 Å². The molecule has 2 amide bonds. The fraction of sp³-hybridized carbons (Fsp3) is 0.250. The Morgan fingerprint density at radius 2 is 1.83 bits per heavy atom. The number of methoxy groups -OCH3 is 1. The van der Waals surface area contributed by atoms with E-state index in [1.807, 2.05) is 24.3 Å². The molecule has 1 aliphatic rings. The molecule has 1 aliphatic heterocycles. The molecule has 0 bridgehead atoms. The van der Waals surface area contributed by atoms with E-state index in [4.69, 9.17) is 4.74 Å². The van der Waals surface area contributed by atoms with Gasteiger partial charge in [0.2, 0.25) is 4.96 Å². The lowest BCUT2D eigenvalue weighted by Gasteiger charge is -2.34. The summed E-state index contributed by atoms with van der Waals surface area (Å²) in [6, 6.07) is 11.3. The Hall–Kier alpha value is -3.90. The molecule has 2 aromatic carbocycles. The maximum absolute atomic E-state index is 13.8. The molecule has 0 spiro atoms. The number of carbonyl (C=O) groups excluding carboxylic acids is 1. The van der Waals surface area contributed by atoms with E-state index in [1.54, 1.807) is 7.11 Å². The van der Waals surface area contributed by atoms with Crippen molar-refractivity contribution in [1.82, 2.24) is 24.4 Å². The number of carbonyl (C=O) groups is 1. The molecule has 0 aliphatic carbocycles. The lowest BCUT2D eigenvalue weighted by Crippen LogP contribution is -2.49. The summed E-state index contributed by atoms with van der Waals surface area (Å²) in [5, 5.41) is 7.50. The zero-order chi connectivity index (χ0) is 25.2. The number of hydrogen-bond donors (Lipinski definition) is 1. The smallest absolute Gasteiger partial charge is 0.322 e. The van der Waals surface area contributed by atoms with Crippen molar-refractivity contribution in [2.75, 3.05) is 38.6 Å². The maximum atomic E-state index is 13.8. The minimum absolute atomic E-state index is 0.195. The summed E-state index contributed by atoms with van der Waals surface area (Å²) in [5.74, 6) is -0.598. The van der Waals surface area contributed by atoms with Gasteiger partial charge in [0.1, 0.15) is 22.4 Å². The van der Waals surface area contributed by atoms with Crippen LogP contribution in [-0.2, 0) is 6.54 Å². The average Bonchev–Trinajstić information content (AvgIpc) is 3.31. The third kappa shape index (κ3) is 5.04. The quantitative estimate of drug-likeness (QED) is 0.441. The zero-order valence-electron chi connectivity index (χ0n) is 19.3. The van der Waals surface area contributed by atoms with Gasteiger partial charge in [-0.15, -0.1) is 0 Å². The van der Waals surface area contributed by atoms with Crippen molar-refractivity contribution in [2.45, 2.75) is 6.54 Å². The lowest BCUT2D eigenvalue weighted by molar-refractivity contribution is 0.142. The van der Waals surface area contributed by atoms with Gasteiger partial charge in [-0.3, -0.25) is 9.69 Å². The van der Waals surface area contributed by atoms with Gasteiger partial charge in [-0.25, -0.2) is 18.6 Å². The van der Waals surface area contributed by atoms with E-state index in [9.17, 15) is 18.4 Å². The molecule has 2 aromatic heterocycles. The fourth-order valence-corrected chi connectivity index (χ4v) is 4.84. The van der Waals surface area contributed by atoms with Crippen LogP contribution in [-0.4, -0.2) is 63.7 Å². The Kier molecular flexibility index (Phi) is 6.61. The predicted octanol–water partition coefficient (Wildman–Crippen LogP) is 3.45. The highest BCUT2D eigenvalue weighted by atomic mass is 32.1. The maximum Gasteiger partial charge on any atom is 0.322 e. The first kappa shape index (κ1) is 23.8. The molecule has 1 saturated heterocycles. The van der Waals surface area contributed by atoms with E-state index in [0.717, 1.165) is 29.5 Å². The Bertz CT molecular complexity index is 1470. The molecular weight excluding hydrogens is 490 g/mol. The molecule has 36 heavy (non-hydrogen) atoms. The minimum Gasteiger partial charge on any atom is -0.497 e. The van der Waals surface area contributed by atoms with Crippen LogP contribution in [0.15, 0.2) is 53.3 Å². The number of piperazine rings is 1. The number of hydrogen-bond acceptors (Lipinski definition) is 7. The fourth-order valence-electron chi connectivity index (χ4n) is 3.91. The molecule has 1 N–H and O–H groups in total. The van der Waals surface area contributed by atoms with Gasteiger partial charge < -0.3 is 15.0 Å². The second-order valence-electron chi connectivity index (χ2n) is 8.23. The SMILES string of the molecule is COc1ccc(-c2nn3c(=O)cc(CN4CCN(C(=O)Nc5cc(F)ccc5F)CC4)nc3s2)cc1. The first-order chi connectivity index (χ1) is 17.4. The molecule has 5 rings (SSSR count). The Morgan fingerprint density at radius 3 is 2.56 bits per heavy atom. The van der Waals surface area contributed by atoms with E-state index in [0.29, 0.717) is 48.4 Å². The van der Waals surface area contributed by atoms with Crippen LogP contribution >= 0.6 is 11.3 Å². The molecule has 0 radical (unpaired) electrons. The van der Waals surface area contributed by atoms with E-state index >= 15 is 0 Å². The van der Waals surface area contributed by atoms with Gasteiger partial charge in [-0.1, -0.05) is 11.3 Å². The number of nitrogens with one attached hydrogen (secondary N) is 1. The van der Waals surface area contributed by atoms with Crippen molar-refractivity contribution in [3.05, 3.63) is 76.2 Å². The standard InChI is InChI=1S/C24H22F2N6O3S/c1-35-18-5-2-15(3-6-18)22-29-32-21(33)13-17(27-24(32)36-22)14-30-8-10-31(11-9-30)23(34)28-20-12-16(25)4-7-19(20)26/h2-7,12-13H,8-11,14H2,1H3,(H,28,34). The van der Waals surface area contributed by atoms with Crippen LogP contribution in [0.1, 0.15) is 5.69 Å². The number of nitrogens with zero attached hydrogens (tertiary/aromatic N) is 5. The van der Waals surface area contributed by atoms with Crippen LogP contribution in [0.25, 0.3) is 15.5 Å². The number of ether oxygens (including phenoxy) is 1. The monoisotopic (exact) mass is 512 g/mol. The summed E-state index contributed by atoms with van der Waals surface area (Å²) in [6.07, 6.45) is 0. The van der Waals surface area contributed by atoms with Gasteiger partial charge in [0.15, 0.2) is 0 Å². The molecule has 1 fully saturated rings. The summed E-state index contributed by atoms with van der Waals surface area (Å²) < 4.78 is 33.7. The normalized spacial score (nSPS) is 14.2. The third-order valence-electron chi connectivity index (χ3n) is 5.85. The van der Waals surface area contributed by atoms with Gasteiger partial charge >= 0.3 is 6.03 Å². The van der Waals surface area contributed by atoms with Crippen LogP contribution in [0.5, 0.6) is 5.75 Å². The van der Waals surface area contributed by atoms with Gasteiger partial charge in [-0.2, -0.15) is 9.61 Å². The zero-order valence-corrected chi connectivity index (χ0v) is 20.1. The van der Waals surface area contributed by atoms with Gasteiger partial charge in [0.05, 0.1) is 18.5 Å². The number of rotatable bonds is 5. The molecule has 186 valence electrons. The van der Waals surface area contributed by atoms with Crippen LogP contribution in [0.3, 0.4) is 0 Å². The molecule has 12 heteroatoms. The molecule has 0 atom stereocenters. The number of aromatic nitrogens is 3. The van der Waals surface area contributed by atoms with Gasteiger partial charge in [0.25, 0.3) is 5.56 Å². The average molecular weight is 513 g/mol. The van der Waals surface area contributed by atoms with E-state index in [2.05, 4.69) is 20.3 Å². The van der Waals surface area contributed by atoms with Gasteiger partial charge in [-0.05, 0) is 36.4 Å². The molecule has 0 unspecified atom stereocenters. The van der Waals surface area contributed by atoms with Crippen molar-refractivity contribution < 1.29 is 18.3 Å². The number of benzene rings is 2. The first-order valence-electron chi connectivity index (χ1n) is 11.2. The Balaban J connectivity index is 1.23. The van der Waals surface area contributed by atoms with Crippen molar-refractivity contribution in [3.8, 4) is 16.3 Å². The lowest BCUT2D eigenvalue weighted by atomic mass is 10.2. The Labute approximate surface area is 208 Å². The summed E-state index contributed by atoms with van der Waals surface area (Å²) in [6.45, 7) is 2.31. The first-order valence-corrected chi connectivity index (χ1v) is 12.0. The topological polar surface area (TPSA) is 92.1 Å². The second-order valence-corrected chi connectivity index (χ2v) is 9.19. The van der Waals surface area contributed by atoms with Crippen molar-refractivity contribution in [2.24, 2.45) is 0 Å². The van der Waals surface area contributed by atoms with Crippen LogP contribution in [0.2, 0.25) is 0 Å². The largest absolute Gasteiger partial charge is 0.497 e. The number of anilines is 1. The summed E-state index contributed by atoms with van der Waals surface area (Å²) in [4.78, 5) is 33.9. The van der Waals surface area contributed by atoms with Crippen molar-refractivity contribution >= 4 is 28.0 Å². The number of halogens is 2. The third-order valence-corrected chi connectivity index (χ3v) is 6.81. The predicted molar refractivity (Wildman–Crippen MR) is 131 cm³/mol. The number of fused-ring (bicyclic) bond motifs is 1. The van der Waals surface area contributed by atoms with Crippen molar-refractivity contribution in [3.63, 3.8) is 0 Å². The molecule has 9 nitrogen and oxygen atoms in total. The van der Waals surface area contributed by atoms with Crippen LogP contribution < -0.4 is 15.6 Å². The highest BCUT2D eigenvalue weighted by molar-refractivity contribution is 7.19. The molecule has 3 heterocycles. The van der Waals surface area contributed by atoms with E-state index < -0.39 is 17.7 Å². The number of amides is 2. The minimum atomic E-state index is -0.700. The second kappa shape index (κ2) is 9.99. The Morgan fingerprint density at radius 1 is 1.08 bits per heavy atom. The van der Waals surface area contributed by atoms with Crippen LogP contribution in [0, 0.1) is 11.6 Å². The summed E-state index contributed by atoms with van der Waals surface area (Å²) in [5.41, 5.74) is 1.02. The van der Waals surface area contributed by atoms with Gasteiger partial charge in [0, 0.05) is 50.4 Å². The van der Waals surface area contributed by atoms with E-state index in [-0.39, 0.29) is 11.2 Å².